The zero-order chi connectivity index (χ0) is 7.84. The molecule has 1 unspecified atom stereocenters. The maximum atomic E-state index is 5.96. The van der Waals surface area contributed by atoms with E-state index >= 15 is 0 Å². The molecule has 76 valence electrons. The number of aromatic nitrogens is 2. The van der Waals surface area contributed by atoms with Gasteiger partial charge in [0.1, 0.15) is 5.82 Å². The van der Waals surface area contributed by atoms with Crippen LogP contribution in [0.2, 0.25) is 0 Å². The number of rotatable bonds is 2. The molecule has 13 heavy (non-hydrogen) atoms. The van der Waals surface area contributed by atoms with Crippen LogP contribution in [0.5, 0.6) is 0 Å². The number of imidazole rings is 1. The lowest BCUT2D eigenvalue weighted by atomic mass is 10.2. The summed E-state index contributed by atoms with van der Waals surface area (Å²) in [7, 11) is 1.99. The largest absolute Gasteiger partial charge is 0.337 e. The second-order valence-corrected chi connectivity index (χ2v) is 3.26. The molecule has 2 N–H and O–H groups in total. The fraction of sp³-hybridized carbons (Fsp3) is 0.625. The van der Waals surface area contributed by atoms with Crippen molar-refractivity contribution < 1.29 is 0 Å². The first-order valence-electron chi connectivity index (χ1n) is 4.02. The van der Waals surface area contributed by atoms with Gasteiger partial charge in [0.25, 0.3) is 0 Å². The third kappa shape index (κ3) is 2.59. The van der Waals surface area contributed by atoms with E-state index in [4.69, 9.17) is 5.73 Å². The van der Waals surface area contributed by atoms with E-state index in [2.05, 4.69) is 4.98 Å². The Hall–Kier alpha value is -0.250. The number of hydrogen-bond acceptors (Lipinski definition) is 2. The van der Waals surface area contributed by atoms with E-state index in [9.17, 15) is 0 Å². The van der Waals surface area contributed by atoms with E-state index in [1.165, 1.54) is 12.8 Å². The summed E-state index contributed by atoms with van der Waals surface area (Å²) in [5.41, 5.74) is 5.96. The van der Waals surface area contributed by atoms with Crippen molar-refractivity contribution in [3.05, 3.63) is 18.2 Å². The van der Waals surface area contributed by atoms with Gasteiger partial charge in [0.2, 0.25) is 0 Å². The Bertz CT molecular complexity index is 258. The molecular weight excluding hydrogens is 209 g/mol. The summed E-state index contributed by atoms with van der Waals surface area (Å²) in [6.07, 6.45) is 6.29. The number of nitrogens with two attached hydrogens (primary N) is 1. The van der Waals surface area contributed by atoms with Crippen molar-refractivity contribution in [3.63, 3.8) is 0 Å². The molecule has 0 aliphatic heterocycles. The molecule has 0 spiro atoms. The van der Waals surface area contributed by atoms with Crippen molar-refractivity contribution in [1.82, 2.24) is 9.55 Å². The van der Waals surface area contributed by atoms with Crippen molar-refractivity contribution >= 4 is 24.8 Å². The second kappa shape index (κ2) is 4.84. The molecule has 1 fully saturated rings. The lowest BCUT2D eigenvalue weighted by Gasteiger charge is -2.08. The van der Waals surface area contributed by atoms with E-state index in [-0.39, 0.29) is 30.9 Å². The monoisotopic (exact) mass is 223 g/mol. The molecule has 2 rings (SSSR count). The number of nitrogens with zero attached hydrogens (tertiary/aromatic N) is 2. The van der Waals surface area contributed by atoms with Crippen LogP contribution in [0, 0.1) is 5.92 Å². The lowest BCUT2D eigenvalue weighted by Crippen LogP contribution is -2.16. The first kappa shape index (κ1) is 12.8. The number of hydrogen-bond donors (Lipinski definition) is 1. The zero-order valence-electron chi connectivity index (χ0n) is 7.51. The normalized spacial score (nSPS) is 17.1. The van der Waals surface area contributed by atoms with Gasteiger partial charge in [-0.15, -0.1) is 24.8 Å². The van der Waals surface area contributed by atoms with Gasteiger partial charge in [0.15, 0.2) is 0 Å². The highest BCUT2D eigenvalue weighted by Gasteiger charge is 2.31. The average molecular weight is 224 g/mol. The van der Waals surface area contributed by atoms with Gasteiger partial charge in [0.05, 0.1) is 6.04 Å². The molecule has 0 amide bonds. The van der Waals surface area contributed by atoms with E-state index in [1.807, 2.05) is 17.8 Å². The van der Waals surface area contributed by atoms with Crippen molar-refractivity contribution in [2.75, 3.05) is 0 Å². The van der Waals surface area contributed by atoms with Gasteiger partial charge < -0.3 is 10.3 Å². The van der Waals surface area contributed by atoms with Crippen LogP contribution in [-0.2, 0) is 7.05 Å². The predicted molar refractivity (Wildman–Crippen MR) is 57.4 cm³/mol. The Balaban J connectivity index is 0.000000720. The van der Waals surface area contributed by atoms with E-state index in [0.29, 0.717) is 5.92 Å². The van der Waals surface area contributed by atoms with Crippen molar-refractivity contribution in [1.29, 1.82) is 0 Å². The minimum absolute atomic E-state index is 0. The van der Waals surface area contributed by atoms with E-state index in [0.717, 1.165) is 5.82 Å². The summed E-state index contributed by atoms with van der Waals surface area (Å²) in [6, 6.07) is 0.162. The molecule has 3 nitrogen and oxygen atoms in total. The van der Waals surface area contributed by atoms with Crippen LogP contribution in [0.3, 0.4) is 0 Å². The maximum absolute atomic E-state index is 5.96. The van der Waals surface area contributed by atoms with Crippen LogP contribution in [-0.4, -0.2) is 9.55 Å². The van der Waals surface area contributed by atoms with Gasteiger partial charge in [-0.3, -0.25) is 0 Å². The molecule has 5 heteroatoms. The molecule has 1 aliphatic carbocycles. The Morgan fingerprint density at radius 2 is 2.15 bits per heavy atom. The third-order valence-electron chi connectivity index (χ3n) is 2.29. The van der Waals surface area contributed by atoms with Crippen LogP contribution in [0.25, 0.3) is 0 Å². The first-order chi connectivity index (χ1) is 5.29. The van der Waals surface area contributed by atoms with Gasteiger partial charge >= 0.3 is 0 Å². The summed E-state index contributed by atoms with van der Waals surface area (Å²) in [5.74, 6) is 1.71. The molecule has 0 saturated heterocycles. The SMILES string of the molecule is Cl.Cl.Cn1ccnc1C(N)C1CC1. The molecule has 1 atom stereocenters. The quantitative estimate of drug-likeness (QED) is 0.830. The molecule has 1 aromatic rings. The van der Waals surface area contributed by atoms with Crippen LogP contribution in [0.4, 0.5) is 0 Å². The Kier molecular flexibility index (Phi) is 4.75. The molecular formula is C8H15Cl2N3. The van der Waals surface area contributed by atoms with Crippen LogP contribution in [0.1, 0.15) is 24.7 Å². The van der Waals surface area contributed by atoms with Crippen molar-refractivity contribution in [2.45, 2.75) is 18.9 Å². The summed E-state index contributed by atoms with van der Waals surface area (Å²) >= 11 is 0. The standard InChI is InChI=1S/C8H13N3.2ClH/c1-11-5-4-10-8(11)7(9)6-2-3-6;;/h4-7H,2-3,9H2,1H3;2*1H. The number of halogens is 2. The van der Waals surface area contributed by atoms with Gasteiger partial charge in [-0.05, 0) is 18.8 Å². The summed E-state index contributed by atoms with van der Waals surface area (Å²) in [4.78, 5) is 4.21. The predicted octanol–water partition coefficient (Wildman–Crippen LogP) is 1.67. The van der Waals surface area contributed by atoms with E-state index < -0.39 is 0 Å². The maximum Gasteiger partial charge on any atom is 0.125 e. The smallest absolute Gasteiger partial charge is 0.125 e. The molecule has 1 aromatic heterocycles. The Morgan fingerprint density at radius 3 is 2.54 bits per heavy atom. The van der Waals surface area contributed by atoms with Gasteiger partial charge in [-0.2, -0.15) is 0 Å². The Labute approximate surface area is 90.5 Å². The average Bonchev–Trinajstić information content (AvgIpc) is 2.74. The fourth-order valence-corrected chi connectivity index (χ4v) is 1.36. The first-order valence-corrected chi connectivity index (χ1v) is 4.02. The minimum atomic E-state index is 0. The van der Waals surface area contributed by atoms with E-state index in [1.54, 1.807) is 6.20 Å². The van der Waals surface area contributed by atoms with Gasteiger partial charge in [-0.25, -0.2) is 4.98 Å². The lowest BCUT2D eigenvalue weighted by molar-refractivity contribution is 0.570. The minimum Gasteiger partial charge on any atom is -0.337 e. The zero-order valence-corrected chi connectivity index (χ0v) is 9.14. The summed E-state index contributed by atoms with van der Waals surface area (Å²) < 4.78 is 2.00. The molecule has 1 aliphatic rings. The van der Waals surface area contributed by atoms with Crippen LogP contribution >= 0.6 is 24.8 Å². The fourth-order valence-electron chi connectivity index (χ4n) is 1.36. The second-order valence-electron chi connectivity index (χ2n) is 3.26. The van der Waals surface area contributed by atoms with Gasteiger partial charge in [-0.1, -0.05) is 0 Å². The third-order valence-corrected chi connectivity index (χ3v) is 2.29. The molecule has 1 saturated carbocycles. The summed E-state index contributed by atoms with van der Waals surface area (Å²) in [6.45, 7) is 0. The van der Waals surface area contributed by atoms with Crippen LogP contribution < -0.4 is 5.73 Å². The van der Waals surface area contributed by atoms with Crippen molar-refractivity contribution in [3.8, 4) is 0 Å². The molecule has 0 aromatic carbocycles. The topological polar surface area (TPSA) is 43.8 Å². The number of aryl methyl sites for hydroxylation is 1. The summed E-state index contributed by atoms with van der Waals surface area (Å²) in [5, 5.41) is 0. The molecule has 0 bridgehead atoms. The highest BCUT2D eigenvalue weighted by Crippen LogP contribution is 2.38. The van der Waals surface area contributed by atoms with Crippen molar-refractivity contribution in [2.24, 2.45) is 18.7 Å². The van der Waals surface area contributed by atoms with Gasteiger partial charge in [0, 0.05) is 19.4 Å². The van der Waals surface area contributed by atoms with Crippen LogP contribution in [0.15, 0.2) is 12.4 Å². The highest BCUT2D eigenvalue weighted by molar-refractivity contribution is 5.85. The molecule has 0 radical (unpaired) electrons. The highest BCUT2D eigenvalue weighted by atomic mass is 35.5. The Morgan fingerprint density at radius 1 is 1.54 bits per heavy atom. The molecule has 1 heterocycles.